The van der Waals surface area contributed by atoms with Crippen molar-refractivity contribution < 1.29 is 9.53 Å². The highest BCUT2D eigenvalue weighted by Gasteiger charge is 2.13. The van der Waals surface area contributed by atoms with Crippen LogP contribution in [0.15, 0.2) is 78.9 Å². The zero-order valence-corrected chi connectivity index (χ0v) is 18.9. The van der Waals surface area contributed by atoms with Crippen molar-refractivity contribution in [2.45, 2.75) is 39.3 Å². The van der Waals surface area contributed by atoms with Gasteiger partial charge in [0.15, 0.2) is 0 Å². The molecule has 0 spiro atoms. The van der Waals surface area contributed by atoms with Gasteiger partial charge < -0.3 is 10.1 Å². The zero-order valence-electron chi connectivity index (χ0n) is 18.9. The van der Waals surface area contributed by atoms with Crippen LogP contribution < -0.4 is 10.1 Å². The van der Waals surface area contributed by atoms with Gasteiger partial charge in [-0.05, 0) is 53.4 Å². The molecule has 3 rings (SSSR count). The number of likely N-dealkylation sites (N-methyl/N-ethyl adjacent to an activating group) is 1. The molecule has 162 valence electrons. The molecule has 0 atom stereocenters. The van der Waals surface area contributed by atoms with Crippen LogP contribution >= 0.6 is 0 Å². The smallest absolute Gasteiger partial charge is 0.238 e. The lowest BCUT2D eigenvalue weighted by Gasteiger charge is -2.20. The van der Waals surface area contributed by atoms with Gasteiger partial charge in [0.25, 0.3) is 0 Å². The number of nitrogens with one attached hydrogen (secondary N) is 1. The monoisotopic (exact) mass is 416 g/mol. The van der Waals surface area contributed by atoms with Gasteiger partial charge in [-0.1, -0.05) is 75.4 Å². The summed E-state index contributed by atoms with van der Waals surface area (Å²) in [5.41, 5.74) is 4.54. The number of amides is 1. The van der Waals surface area contributed by atoms with Crippen LogP contribution in [0, 0.1) is 0 Å². The van der Waals surface area contributed by atoms with Gasteiger partial charge in [0.2, 0.25) is 5.91 Å². The molecule has 3 aromatic carbocycles. The average Bonchev–Trinajstić information content (AvgIpc) is 2.73. The van der Waals surface area contributed by atoms with Crippen molar-refractivity contribution in [2.24, 2.45) is 0 Å². The third-order valence-corrected chi connectivity index (χ3v) is 5.07. The van der Waals surface area contributed by atoms with E-state index in [9.17, 15) is 4.79 Å². The summed E-state index contributed by atoms with van der Waals surface area (Å²) >= 11 is 0. The molecule has 4 heteroatoms. The summed E-state index contributed by atoms with van der Waals surface area (Å²) < 4.78 is 5.79. The second kappa shape index (κ2) is 10.3. The molecule has 0 unspecified atom stereocenters. The number of hydrogen-bond acceptors (Lipinski definition) is 3. The van der Waals surface area contributed by atoms with Crippen LogP contribution in [0.1, 0.15) is 37.5 Å². The van der Waals surface area contributed by atoms with Gasteiger partial charge in [-0.25, -0.2) is 0 Å². The number of carbonyl (C=O) groups excluding carboxylic acids is 1. The minimum Gasteiger partial charge on any atom is -0.489 e. The number of ether oxygens (including phenoxy) is 1. The van der Waals surface area contributed by atoms with E-state index in [1.807, 2.05) is 66.5 Å². The molecule has 0 radical (unpaired) electrons. The molecule has 3 aromatic rings. The average molecular weight is 417 g/mol. The third-order valence-electron chi connectivity index (χ3n) is 5.07. The molecule has 0 bridgehead atoms. The molecule has 31 heavy (non-hydrogen) atoms. The summed E-state index contributed by atoms with van der Waals surface area (Å²) in [5, 5.41) is 2.95. The topological polar surface area (TPSA) is 41.6 Å². The predicted octanol–water partition coefficient (Wildman–Crippen LogP) is 5.63. The number of benzene rings is 3. The maximum absolute atomic E-state index is 12.4. The Morgan fingerprint density at radius 3 is 2.13 bits per heavy atom. The fourth-order valence-electron chi connectivity index (χ4n) is 3.30. The fourth-order valence-corrected chi connectivity index (χ4v) is 3.30. The summed E-state index contributed by atoms with van der Waals surface area (Å²) in [5.74, 6) is 0.740. The first-order valence-electron chi connectivity index (χ1n) is 10.6. The second-order valence-corrected chi connectivity index (χ2v) is 8.97. The van der Waals surface area contributed by atoms with E-state index in [2.05, 4.69) is 50.4 Å². The highest BCUT2D eigenvalue weighted by atomic mass is 16.5. The van der Waals surface area contributed by atoms with Crippen molar-refractivity contribution in [3.63, 3.8) is 0 Å². The number of anilines is 1. The summed E-state index contributed by atoms with van der Waals surface area (Å²) in [6.45, 7) is 8.20. The van der Waals surface area contributed by atoms with Gasteiger partial charge in [-0.2, -0.15) is 0 Å². The molecule has 0 fully saturated rings. The highest BCUT2D eigenvalue weighted by Crippen LogP contribution is 2.22. The van der Waals surface area contributed by atoms with Crippen molar-refractivity contribution in [1.29, 1.82) is 0 Å². The molecule has 0 aliphatic carbocycles. The van der Waals surface area contributed by atoms with Crippen molar-refractivity contribution >= 4 is 11.6 Å². The molecule has 4 nitrogen and oxygen atoms in total. The molecule has 0 aliphatic rings. The molecule has 1 amide bonds. The predicted molar refractivity (Wildman–Crippen MR) is 127 cm³/mol. The van der Waals surface area contributed by atoms with E-state index in [0.29, 0.717) is 13.2 Å². The van der Waals surface area contributed by atoms with E-state index in [0.717, 1.165) is 23.5 Å². The van der Waals surface area contributed by atoms with Gasteiger partial charge in [-0.15, -0.1) is 0 Å². The van der Waals surface area contributed by atoms with Crippen molar-refractivity contribution in [3.05, 3.63) is 95.6 Å². The zero-order chi connectivity index (χ0) is 22.3. The molecular weight excluding hydrogens is 384 g/mol. The van der Waals surface area contributed by atoms with Crippen LogP contribution in [0.4, 0.5) is 5.69 Å². The largest absolute Gasteiger partial charge is 0.489 e. The van der Waals surface area contributed by atoms with E-state index >= 15 is 0 Å². The van der Waals surface area contributed by atoms with Crippen LogP contribution in [-0.4, -0.2) is 24.4 Å². The number of hydrogen-bond donors (Lipinski definition) is 1. The number of carbonyl (C=O) groups is 1. The maximum atomic E-state index is 12.4. The molecule has 0 saturated carbocycles. The van der Waals surface area contributed by atoms with Gasteiger partial charge >= 0.3 is 0 Å². The highest BCUT2D eigenvalue weighted by molar-refractivity contribution is 5.92. The Hall–Kier alpha value is -3.11. The lowest BCUT2D eigenvalue weighted by molar-refractivity contribution is -0.117. The van der Waals surface area contributed by atoms with Gasteiger partial charge in [-0.3, -0.25) is 9.69 Å². The van der Waals surface area contributed by atoms with Gasteiger partial charge in [0.05, 0.1) is 6.54 Å². The summed E-state index contributed by atoms with van der Waals surface area (Å²) in [6.07, 6.45) is 0. The molecule has 0 heterocycles. The van der Waals surface area contributed by atoms with Crippen LogP contribution in [0.2, 0.25) is 0 Å². The normalized spacial score (nSPS) is 11.4. The lowest BCUT2D eigenvalue weighted by Crippen LogP contribution is -2.29. The van der Waals surface area contributed by atoms with Crippen LogP contribution in [0.5, 0.6) is 5.75 Å². The lowest BCUT2D eigenvalue weighted by atomic mass is 9.87. The minimum atomic E-state index is -0.0354. The fraction of sp³-hybridized carbons (Fsp3) is 0.296. The Bertz CT molecular complexity index is 959. The Kier molecular flexibility index (Phi) is 7.48. The van der Waals surface area contributed by atoms with E-state index < -0.39 is 0 Å². The number of nitrogens with zero attached hydrogens (tertiary/aromatic N) is 1. The Balaban J connectivity index is 1.45. The minimum absolute atomic E-state index is 0.0354. The Morgan fingerprint density at radius 1 is 0.871 bits per heavy atom. The van der Waals surface area contributed by atoms with Crippen LogP contribution in [0.25, 0.3) is 0 Å². The standard InChI is InChI=1S/C27H32N2O2/c1-27(2,3)23-12-10-21(11-13-23)18-29(4)19-26(30)28-24-14-16-25(17-15-24)31-20-22-8-6-5-7-9-22/h5-17H,18-20H2,1-4H3,(H,28,30). The summed E-state index contributed by atoms with van der Waals surface area (Å²) in [6, 6.07) is 26.1. The molecule has 0 saturated heterocycles. The van der Waals surface area contributed by atoms with Gasteiger partial charge in [0, 0.05) is 12.2 Å². The molecular formula is C27H32N2O2. The number of rotatable bonds is 8. The van der Waals surface area contributed by atoms with Crippen LogP contribution in [-0.2, 0) is 23.4 Å². The van der Waals surface area contributed by atoms with E-state index in [1.165, 1.54) is 11.1 Å². The van der Waals surface area contributed by atoms with Crippen molar-refractivity contribution in [1.82, 2.24) is 4.90 Å². The molecule has 0 aliphatic heterocycles. The van der Waals surface area contributed by atoms with E-state index in [1.54, 1.807) is 0 Å². The first-order valence-corrected chi connectivity index (χ1v) is 10.6. The van der Waals surface area contributed by atoms with E-state index in [4.69, 9.17) is 4.74 Å². The maximum Gasteiger partial charge on any atom is 0.238 e. The van der Waals surface area contributed by atoms with Crippen LogP contribution in [0.3, 0.4) is 0 Å². The van der Waals surface area contributed by atoms with E-state index in [-0.39, 0.29) is 11.3 Å². The summed E-state index contributed by atoms with van der Waals surface area (Å²) in [4.78, 5) is 14.4. The van der Waals surface area contributed by atoms with Crippen molar-refractivity contribution in [2.75, 3.05) is 18.9 Å². The Morgan fingerprint density at radius 2 is 1.52 bits per heavy atom. The van der Waals surface area contributed by atoms with Gasteiger partial charge in [0.1, 0.15) is 12.4 Å². The first-order chi connectivity index (χ1) is 14.8. The summed E-state index contributed by atoms with van der Waals surface area (Å²) in [7, 11) is 1.96. The first kappa shape index (κ1) is 22.6. The molecule has 1 N–H and O–H groups in total. The quantitative estimate of drug-likeness (QED) is 0.517. The molecule has 0 aromatic heterocycles. The Labute approximate surface area is 185 Å². The third kappa shape index (κ3) is 7.26. The second-order valence-electron chi connectivity index (χ2n) is 8.97. The SMILES string of the molecule is CN(CC(=O)Nc1ccc(OCc2ccccc2)cc1)Cc1ccc(C(C)(C)C)cc1. The van der Waals surface area contributed by atoms with Crippen molar-refractivity contribution in [3.8, 4) is 5.75 Å².